The molecule has 0 atom stereocenters. The van der Waals surface area contributed by atoms with Crippen molar-refractivity contribution in [1.29, 1.82) is 0 Å². The molecule has 1 heterocycles. The lowest BCUT2D eigenvalue weighted by atomic mass is 10.1. The fourth-order valence-electron chi connectivity index (χ4n) is 1.78. The molecule has 0 aliphatic carbocycles. The van der Waals surface area contributed by atoms with Crippen LogP contribution in [0.3, 0.4) is 0 Å². The first-order valence-electron chi connectivity index (χ1n) is 6.24. The average Bonchev–Trinajstić information content (AvgIpc) is 2.43. The van der Waals surface area contributed by atoms with Crippen LogP contribution in [-0.4, -0.2) is 22.0 Å². The van der Waals surface area contributed by atoms with E-state index >= 15 is 0 Å². The summed E-state index contributed by atoms with van der Waals surface area (Å²) in [4.78, 5) is 26.4. The van der Waals surface area contributed by atoms with Gasteiger partial charge < -0.3 is 10.4 Å². The molecule has 2 rings (SSSR count). The van der Waals surface area contributed by atoms with Gasteiger partial charge in [-0.15, -0.1) is 0 Å². The highest BCUT2D eigenvalue weighted by Crippen LogP contribution is 2.16. The predicted molar refractivity (Wildman–Crippen MR) is 79.4 cm³/mol. The zero-order valence-electron chi connectivity index (χ0n) is 11.0. The minimum atomic E-state index is -0.946. The number of aliphatic carboxylic acids is 1. The topological polar surface area (TPSA) is 79.3 Å². The molecular formula is C15H13ClN2O3. The summed E-state index contributed by atoms with van der Waals surface area (Å²) >= 11 is 5.99. The smallest absolute Gasteiger partial charge is 0.309 e. The lowest BCUT2D eigenvalue weighted by Gasteiger charge is -2.06. The molecule has 0 unspecified atom stereocenters. The molecule has 1 amide bonds. The van der Waals surface area contributed by atoms with Crippen LogP contribution in [0.2, 0.25) is 5.02 Å². The number of benzene rings is 1. The maximum Gasteiger partial charge on any atom is 0.309 e. The summed E-state index contributed by atoms with van der Waals surface area (Å²) in [5.74, 6) is -1.16. The van der Waals surface area contributed by atoms with Crippen molar-refractivity contribution in [2.45, 2.75) is 12.8 Å². The van der Waals surface area contributed by atoms with Crippen molar-refractivity contribution in [2.24, 2.45) is 0 Å². The predicted octanol–water partition coefficient (Wildman–Crippen LogP) is 2.54. The van der Waals surface area contributed by atoms with Gasteiger partial charge in [-0.05, 0) is 23.8 Å². The Labute approximate surface area is 126 Å². The standard InChI is InChI=1S/C15H13ClN2O3/c16-13-4-2-1-3-10(13)7-14(19)18-12-6-5-11(17-9-12)8-15(20)21/h1-6,9H,7-8H2,(H,18,19)(H,20,21). The molecule has 5 nitrogen and oxygen atoms in total. The van der Waals surface area contributed by atoms with Gasteiger partial charge in [0.25, 0.3) is 0 Å². The number of aromatic nitrogens is 1. The first-order chi connectivity index (χ1) is 10.0. The number of carbonyl (C=O) groups excluding carboxylic acids is 1. The summed E-state index contributed by atoms with van der Waals surface area (Å²) in [5, 5.41) is 11.9. The van der Waals surface area contributed by atoms with Crippen LogP contribution in [0.4, 0.5) is 5.69 Å². The van der Waals surface area contributed by atoms with E-state index in [-0.39, 0.29) is 18.7 Å². The summed E-state index contributed by atoms with van der Waals surface area (Å²) < 4.78 is 0. The van der Waals surface area contributed by atoms with Crippen molar-refractivity contribution in [3.8, 4) is 0 Å². The second-order valence-corrected chi connectivity index (χ2v) is 4.83. The molecule has 0 spiro atoms. The molecule has 2 aromatic rings. The zero-order chi connectivity index (χ0) is 15.2. The number of nitrogens with one attached hydrogen (secondary N) is 1. The van der Waals surface area contributed by atoms with Gasteiger partial charge in [-0.25, -0.2) is 0 Å². The van der Waals surface area contributed by atoms with E-state index in [9.17, 15) is 9.59 Å². The minimum Gasteiger partial charge on any atom is -0.481 e. The number of halogens is 1. The third-order valence-electron chi connectivity index (χ3n) is 2.75. The highest BCUT2D eigenvalue weighted by Gasteiger charge is 2.08. The first-order valence-corrected chi connectivity index (χ1v) is 6.62. The molecule has 1 aromatic carbocycles. The Morgan fingerprint density at radius 3 is 2.52 bits per heavy atom. The number of hydrogen-bond donors (Lipinski definition) is 2. The molecule has 0 saturated heterocycles. The molecule has 0 saturated carbocycles. The molecular weight excluding hydrogens is 292 g/mol. The normalized spacial score (nSPS) is 10.1. The van der Waals surface area contributed by atoms with Crippen molar-refractivity contribution < 1.29 is 14.7 Å². The van der Waals surface area contributed by atoms with Gasteiger partial charge in [0.1, 0.15) is 0 Å². The van der Waals surface area contributed by atoms with Crippen molar-refractivity contribution in [1.82, 2.24) is 4.98 Å². The summed E-state index contributed by atoms with van der Waals surface area (Å²) in [6.07, 6.45) is 1.45. The lowest BCUT2D eigenvalue weighted by molar-refractivity contribution is -0.136. The molecule has 2 N–H and O–H groups in total. The van der Waals surface area contributed by atoms with Crippen LogP contribution in [0.5, 0.6) is 0 Å². The molecule has 0 radical (unpaired) electrons. The Morgan fingerprint density at radius 2 is 1.90 bits per heavy atom. The quantitative estimate of drug-likeness (QED) is 0.889. The van der Waals surface area contributed by atoms with Crippen LogP contribution in [-0.2, 0) is 22.4 Å². The van der Waals surface area contributed by atoms with Gasteiger partial charge in [-0.3, -0.25) is 14.6 Å². The summed E-state index contributed by atoms with van der Waals surface area (Å²) in [5.41, 5.74) is 1.69. The van der Waals surface area contributed by atoms with E-state index in [1.165, 1.54) is 6.20 Å². The number of carbonyl (C=O) groups is 2. The van der Waals surface area contributed by atoms with E-state index in [0.29, 0.717) is 16.4 Å². The Balaban J connectivity index is 1.96. The summed E-state index contributed by atoms with van der Waals surface area (Å²) in [7, 11) is 0. The lowest BCUT2D eigenvalue weighted by Crippen LogP contribution is -2.15. The maximum absolute atomic E-state index is 11.9. The molecule has 0 aliphatic heterocycles. The van der Waals surface area contributed by atoms with Gasteiger partial charge in [0.05, 0.1) is 30.4 Å². The van der Waals surface area contributed by atoms with Crippen molar-refractivity contribution in [2.75, 3.05) is 5.32 Å². The maximum atomic E-state index is 11.9. The number of anilines is 1. The first kappa shape index (κ1) is 15.0. The zero-order valence-corrected chi connectivity index (χ0v) is 11.8. The molecule has 0 fully saturated rings. The van der Waals surface area contributed by atoms with E-state index < -0.39 is 5.97 Å². The van der Waals surface area contributed by atoms with Gasteiger partial charge in [0, 0.05) is 5.02 Å². The fraction of sp³-hybridized carbons (Fsp3) is 0.133. The highest BCUT2D eigenvalue weighted by molar-refractivity contribution is 6.31. The van der Waals surface area contributed by atoms with Crippen LogP contribution in [0.15, 0.2) is 42.6 Å². The Morgan fingerprint density at radius 1 is 1.14 bits per heavy atom. The summed E-state index contributed by atoms with van der Waals surface area (Å²) in [6.45, 7) is 0. The molecule has 0 bridgehead atoms. The van der Waals surface area contributed by atoms with Crippen molar-refractivity contribution in [3.05, 3.63) is 58.9 Å². The number of carboxylic acids is 1. The third kappa shape index (κ3) is 4.57. The SMILES string of the molecule is O=C(O)Cc1ccc(NC(=O)Cc2ccccc2Cl)cn1. The monoisotopic (exact) mass is 304 g/mol. The van der Waals surface area contributed by atoms with Gasteiger partial charge in [0.2, 0.25) is 5.91 Å². The second kappa shape index (κ2) is 6.85. The highest BCUT2D eigenvalue weighted by atomic mass is 35.5. The number of carboxylic acid groups (broad SMARTS) is 1. The van der Waals surface area contributed by atoms with E-state index in [4.69, 9.17) is 16.7 Å². The van der Waals surface area contributed by atoms with Crippen LogP contribution in [0.25, 0.3) is 0 Å². The number of rotatable bonds is 5. The molecule has 0 aliphatic rings. The Hall–Kier alpha value is -2.40. The van der Waals surface area contributed by atoms with Gasteiger partial charge in [-0.2, -0.15) is 0 Å². The number of nitrogens with zero attached hydrogens (tertiary/aromatic N) is 1. The molecule has 1 aromatic heterocycles. The second-order valence-electron chi connectivity index (χ2n) is 4.43. The number of hydrogen-bond acceptors (Lipinski definition) is 3. The molecule has 6 heteroatoms. The van der Waals surface area contributed by atoms with E-state index in [0.717, 1.165) is 5.56 Å². The van der Waals surface area contributed by atoms with Gasteiger partial charge in [0.15, 0.2) is 0 Å². The largest absolute Gasteiger partial charge is 0.481 e. The number of amides is 1. The van der Waals surface area contributed by atoms with Crippen LogP contribution >= 0.6 is 11.6 Å². The number of pyridine rings is 1. The van der Waals surface area contributed by atoms with Crippen molar-refractivity contribution >= 4 is 29.2 Å². The fourth-order valence-corrected chi connectivity index (χ4v) is 1.98. The van der Waals surface area contributed by atoms with Crippen LogP contribution in [0, 0.1) is 0 Å². The molecule has 21 heavy (non-hydrogen) atoms. The van der Waals surface area contributed by atoms with Crippen LogP contribution in [0.1, 0.15) is 11.3 Å². The van der Waals surface area contributed by atoms with Gasteiger partial charge >= 0.3 is 5.97 Å². The third-order valence-corrected chi connectivity index (χ3v) is 3.12. The Bertz CT molecular complexity index is 656. The Kier molecular flexibility index (Phi) is 4.90. The van der Waals surface area contributed by atoms with E-state index in [2.05, 4.69) is 10.3 Å². The van der Waals surface area contributed by atoms with E-state index in [1.807, 2.05) is 6.07 Å². The summed E-state index contributed by atoms with van der Waals surface area (Å²) in [6, 6.07) is 10.3. The van der Waals surface area contributed by atoms with Crippen molar-refractivity contribution in [3.63, 3.8) is 0 Å². The van der Waals surface area contributed by atoms with Crippen LogP contribution < -0.4 is 5.32 Å². The molecule has 108 valence electrons. The van der Waals surface area contributed by atoms with Gasteiger partial charge in [-0.1, -0.05) is 29.8 Å². The average molecular weight is 305 g/mol. The minimum absolute atomic E-state index is 0.145. The van der Waals surface area contributed by atoms with E-state index in [1.54, 1.807) is 30.3 Å².